The third kappa shape index (κ3) is 2.57. The summed E-state index contributed by atoms with van der Waals surface area (Å²) in [6.45, 7) is 0. The van der Waals surface area contributed by atoms with Gasteiger partial charge in [-0.25, -0.2) is 8.42 Å². The number of alkyl halides is 1. The molecule has 1 aliphatic rings. The molecule has 14 heavy (non-hydrogen) atoms. The van der Waals surface area contributed by atoms with Crippen LogP contribution in [0.2, 0.25) is 0 Å². The van der Waals surface area contributed by atoms with Gasteiger partial charge in [-0.05, 0) is 12.2 Å². The summed E-state index contributed by atoms with van der Waals surface area (Å²) in [6, 6.07) is 0. The summed E-state index contributed by atoms with van der Waals surface area (Å²) < 4.78 is 27.0. The van der Waals surface area contributed by atoms with E-state index in [9.17, 15) is 8.42 Å². The third-order valence-corrected chi connectivity index (χ3v) is 4.27. The second kappa shape index (κ2) is 4.31. The van der Waals surface area contributed by atoms with Crippen LogP contribution in [0, 0.1) is 0 Å². The SMILES string of the molecule is COC1=CC(Cl)C(S(=O)(=O)Cl)C=C1Cl. The molecule has 0 aromatic heterocycles. The molecule has 1 aliphatic carbocycles. The van der Waals surface area contributed by atoms with E-state index in [0.717, 1.165) is 0 Å². The van der Waals surface area contributed by atoms with Crippen LogP contribution in [0.15, 0.2) is 22.9 Å². The van der Waals surface area contributed by atoms with Crippen LogP contribution in [-0.2, 0) is 13.8 Å². The molecule has 0 saturated heterocycles. The highest BCUT2D eigenvalue weighted by Crippen LogP contribution is 2.30. The van der Waals surface area contributed by atoms with Crippen LogP contribution in [0.4, 0.5) is 0 Å². The normalized spacial score (nSPS) is 28.0. The highest BCUT2D eigenvalue weighted by Gasteiger charge is 2.32. The Kier molecular flexibility index (Phi) is 3.75. The van der Waals surface area contributed by atoms with Crippen molar-refractivity contribution in [3.63, 3.8) is 0 Å². The summed E-state index contributed by atoms with van der Waals surface area (Å²) >= 11 is 11.5. The van der Waals surface area contributed by atoms with E-state index in [1.807, 2.05) is 0 Å². The molecule has 0 aliphatic heterocycles. The van der Waals surface area contributed by atoms with E-state index in [2.05, 4.69) is 0 Å². The number of methoxy groups -OCH3 is 1. The maximum Gasteiger partial charge on any atom is 0.240 e. The molecule has 0 heterocycles. The fourth-order valence-corrected chi connectivity index (χ4v) is 3.32. The molecule has 0 spiro atoms. The molecule has 0 aromatic rings. The molecule has 0 N–H and O–H groups in total. The first-order valence-corrected chi connectivity index (χ1v) is 6.76. The molecular formula is C7H7Cl3O3S. The van der Waals surface area contributed by atoms with Crippen LogP contribution in [0.25, 0.3) is 0 Å². The van der Waals surface area contributed by atoms with Gasteiger partial charge in [0.2, 0.25) is 9.05 Å². The van der Waals surface area contributed by atoms with Gasteiger partial charge in [-0.3, -0.25) is 0 Å². The number of rotatable bonds is 2. The third-order valence-electron chi connectivity index (χ3n) is 1.72. The van der Waals surface area contributed by atoms with Gasteiger partial charge in [-0.2, -0.15) is 0 Å². The van der Waals surface area contributed by atoms with E-state index >= 15 is 0 Å². The van der Waals surface area contributed by atoms with E-state index in [-0.39, 0.29) is 5.03 Å². The first-order chi connectivity index (χ1) is 6.36. The lowest BCUT2D eigenvalue weighted by Crippen LogP contribution is -2.27. The van der Waals surface area contributed by atoms with Crippen molar-refractivity contribution in [1.82, 2.24) is 0 Å². The Labute approximate surface area is 96.7 Å². The molecule has 0 bridgehead atoms. The molecule has 7 heteroatoms. The maximum atomic E-state index is 11.0. The van der Waals surface area contributed by atoms with Crippen molar-refractivity contribution >= 4 is 42.9 Å². The van der Waals surface area contributed by atoms with Crippen LogP contribution in [0.5, 0.6) is 0 Å². The molecular weight excluding hydrogens is 270 g/mol. The lowest BCUT2D eigenvalue weighted by atomic mass is 10.1. The van der Waals surface area contributed by atoms with Gasteiger partial charge < -0.3 is 4.74 Å². The van der Waals surface area contributed by atoms with Gasteiger partial charge in [0.1, 0.15) is 11.0 Å². The smallest absolute Gasteiger partial charge is 0.240 e. The molecule has 2 atom stereocenters. The summed E-state index contributed by atoms with van der Waals surface area (Å²) in [4.78, 5) is 0. The van der Waals surface area contributed by atoms with E-state index in [4.69, 9.17) is 38.6 Å². The van der Waals surface area contributed by atoms with Crippen molar-refractivity contribution in [3.8, 4) is 0 Å². The number of allylic oxidation sites excluding steroid dienone is 2. The van der Waals surface area contributed by atoms with Crippen molar-refractivity contribution in [2.75, 3.05) is 7.11 Å². The average Bonchev–Trinajstić information content (AvgIpc) is 2.06. The second-order valence-corrected chi connectivity index (χ2v) is 6.33. The van der Waals surface area contributed by atoms with E-state index < -0.39 is 19.7 Å². The number of halogens is 3. The largest absolute Gasteiger partial charge is 0.495 e. The van der Waals surface area contributed by atoms with Crippen molar-refractivity contribution in [3.05, 3.63) is 22.9 Å². The molecule has 0 saturated carbocycles. The molecule has 0 aromatic carbocycles. The standard InChI is InChI=1S/C7H7Cl3O3S/c1-13-6-2-5(9)7(3-4(6)8)14(10,11)12/h2-3,5,7H,1H3. The Bertz CT molecular complexity index is 385. The zero-order chi connectivity index (χ0) is 10.9. The van der Waals surface area contributed by atoms with Crippen molar-refractivity contribution in [2.45, 2.75) is 10.6 Å². The minimum Gasteiger partial charge on any atom is -0.495 e. The predicted octanol–water partition coefficient (Wildman–Crippen LogP) is 2.20. The van der Waals surface area contributed by atoms with Gasteiger partial charge in [0.25, 0.3) is 0 Å². The fraction of sp³-hybridized carbons (Fsp3) is 0.429. The van der Waals surface area contributed by atoms with Crippen molar-refractivity contribution < 1.29 is 13.2 Å². The minimum absolute atomic E-state index is 0.193. The summed E-state index contributed by atoms with van der Waals surface area (Å²) in [5, 5.41) is -1.59. The second-order valence-electron chi connectivity index (χ2n) is 2.63. The van der Waals surface area contributed by atoms with E-state index in [1.165, 1.54) is 19.3 Å². The van der Waals surface area contributed by atoms with Crippen molar-refractivity contribution in [1.29, 1.82) is 0 Å². The van der Waals surface area contributed by atoms with E-state index in [1.54, 1.807) is 0 Å². The molecule has 0 radical (unpaired) electrons. The lowest BCUT2D eigenvalue weighted by molar-refractivity contribution is 0.301. The zero-order valence-electron chi connectivity index (χ0n) is 7.08. The molecule has 3 nitrogen and oxygen atoms in total. The van der Waals surface area contributed by atoms with Gasteiger partial charge in [-0.15, -0.1) is 11.6 Å². The monoisotopic (exact) mass is 276 g/mol. The number of hydrogen-bond donors (Lipinski definition) is 0. The van der Waals surface area contributed by atoms with Crippen LogP contribution in [-0.4, -0.2) is 26.2 Å². The minimum atomic E-state index is -3.76. The topological polar surface area (TPSA) is 43.4 Å². The molecule has 80 valence electrons. The molecule has 2 unspecified atom stereocenters. The Hall–Kier alpha value is 0.1000. The Morgan fingerprint density at radius 2 is 2.00 bits per heavy atom. The fourth-order valence-electron chi connectivity index (χ4n) is 1.04. The lowest BCUT2D eigenvalue weighted by Gasteiger charge is -2.19. The van der Waals surface area contributed by atoms with Crippen LogP contribution < -0.4 is 0 Å². The highest BCUT2D eigenvalue weighted by molar-refractivity contribution is 8.14. The Balaban J connectivity index is 3.06. The molecule has 0 fully saturated rings. The van der Waals surface area contributed by atoms with Gasteiger partial charge >= 0.3 is 0 Å². The molecule has 1 rings (SSSR count). The number of hydrogen-bond acceptors (Lipinski definition) is 3. The van der Waals surface area contributed by atoms with E-state index in [0.29, 0.717) is 5.76 Å². The first-order valence-electron chi connectivity index (χ1n) is 3.57. The summed E-state index contributed by atoms with van der Waals surface area (Å²) in [5.41, 5.74) is 0. The summed E-state index contributed by atoms with van der Waals surface area (Å²) in [5.74, 6) is 0.350. The van der Waals surface area contributed by atoms with Gasteiger partial charge in [-0.1, -0.05) is 11.6 Å². The quantitative estimate of drug-likeness (QED) is 0.574. The zero-order valence-corrected chi connectivity index (χ0v) is 10.2. The highest BCUT2D eigenvalue weighted by atomic mass is 35.7. The summed E-state index contributed by atoms with van der Waals surface area (Å²) in [7, 11) is 2.84. The van der Waals surface area contributed by atoms with Crippen LogP contribution in [0.3, 0.4) is 0 Å². The Morgan fingerprint density at radius 1 is 1.43 bits per heavy atom. The van der Waals surface area contributed by atoms with Gasteiger partial charge in [0.15, 0.2) is 0 Å². The molecule has 0 amide bonds. The van der Waals surface area contributed by atoms with Crippen LogP contribution >= 0.6 is 33.9 Å². The van der Waals surface area contributed by atoms with Crippen molar-refractivity contribution in [2.24, 2.45) is 0 Å². The predicted molar refractivity (Wildman–Crippen MR) is 57.2 cm³/mol. The van der Waals surface area contributed by atoms with Gasteiger partial charge in [0.05, 0.1) is 17.5 Å². The maximum absolute atomic E-state index is 11.0. The average molecular weight is 278 g/mol. The Morgan fingerprint density at radius 3 is 2.43 bits per heavy atom. The first kappa shape index (κ1) is 12.2. The number of ether oxygens (including phenoxy) is 1. The van der Waals surface area contributed by atoms with Crippen LogP contribution in [0.1, 0.15) is 0 Å². The summed E-state index contributed by atoms with van der Waals surface area (Å²) in [6.07, 6.45) is 2.68. The van der Waals surface area contributed by atoms with Gasteiger partial charge in [0, 0.05) is 10.7 Å².